The SMILES string of the molecule is CCC1(O)CCOC2(CCN(C(=O)c3ccc(C)cc3)CC2)C1. The predicted octanol–water partition coefficient (Wildman–Crippen LogP) is 2.92. The van der Waals surface area contributed by atoms with E-state index in [1.165, 1.54) is 0 Å². The summed E-state index contributed by atoms with van der Waals surface area (Å²) < 4.78 is 6.06. The molecule has 1 amide bonds. The summed E-state index contributed by atoms with van der Waals surface area (Å²) in [7, 11) is 0. The van der Waals surface area contributed by atoms with Crippen LogP contribution in [0.5, 0.6) is 0 Å². The highest BCUT2D eigenvalue weighted by Gasteiger charge is 2.46. The van der Waals surface area contributed by atoms with Crippen molar-refractivity contribution in [1.29, 1.82) is 0 Å². The maximum absolute atomic E-state index is 12.6. The smallest absolute Gasteiger partial charge is 0.253 e. The van der Waals surface area contributed by atoms with Crippen molar-refractivity contribution in [2.45, 2.75) is 57.2 Å². The number of rotatable bonds is 2. The second kappa shape index (κ2) is 6.25. The third-order valence-electron chi connectivity index (χ3n) is 5.55. The highest BCUT2D eigenvalue weighted by atomic mass is 16.5. The zero-order valence-corrected chi connectivity index (χ0v) is 14.2. The number of aryl methyl sites for hydroxylation is 1. The van der Waals surface area contributed by atoms with E-state index in [9.17, 15) is 9.90 Å². The molecule has 1 atom stereocenters. The summed E-state index contributed by atoms with van der Waals surface area (Å²) >= 11 is 0. The van der Waals surface area contributed by atoms with E-state index in [1.54, 1.807) is 0 Å². The molecule has 1 unspecified atom stereocenters. The van der Waals surface area contributed by atoms with E-state index < -0.39 is 5.60 Å². The van der Waals surface area contributed by atoms with Crippen molar-refractivity contribution in [1.82, 2.24) is 4.90 Å². The van der Waals surface area contributed by atoms with E-state index in [1.807, 2.05) is 43.0 Å². The maximum Gasteiger partial charge on any atom is 0.253 e. The molecule has 0 aromatic heterocycles. The van der Waals surface area contributed by atoms with Crippen LogP contribution in [0.1, 0.15) is 54.9 Å². The molecule has 0 bridgehead atoms. The Kier molecular flexibility index (Phi) is 4.47. The normalized spacial score (nSPS) is 27.2. The lowest BCUT2D eigenvalue weighted by Crippen LogP contribution is -2.55. The molecule has 0 aliphatic carbocycles. The minimum Gasteiger partial charge on any atom is -0.390 e. The first kappa shape index (κ1) is 16.5. The van der Waals surface area contributed by atoms with E-state index in [-0.39, 0.29) is 11.5 Å². The number of aliphatic hydroxyl groups is 1. The van der Waals surface area contributed by atoms with Crippen molar-refractivity contribution < 1.29 is 14.6 Å². The first-order valence-corrected chi connectivity index (χ1v) is 8.68. The van der Waals surface area contributed by atoms with E-state index in [0.717, 1.165) is 36.8 Å². The second-order valence-electron chi connectivity index (χ2n) is 7.19. The predicted molar refractivity (Wildman–Crippen MR) is 89.5 cm³/mol. The van der Waals surface area contributed by atoms with Crippen molar-refractivity contribution in [2.75, 3.05) is 19.7 Å². The van der Waals surface area contributed by atoms with Gasteiger partial charge in [0.05, 0.1) is 17.8 Å². The van der Waals surface area contributed by atoms with Gasteiger partial charge >= 0.3 is 0 Å². The number of hydrogen-bond acceptors (Lipinski definition) is 3. The van der Waals surface area contributed by atoms with Gasteiger partial charge in [-0.2, -0.15) is 0 Å². The highest BCUT2D eigenvalue weighted by Crippen LogP contribution is 2.41. The summed E-state index contributed by atoms with van der Waals surface area (Å²) in [5.74, 6) is 0.0985. The van der Waals surface area contributed by atoms with Gasteiger partial charge in [-0.25, -0.2) is 0 Å². The van der Waals surface area contributed by atoms with Crippen molar-refractivity contribution >= 4 is 5.91 Å². The Morgan fingerprint density at radius 1 is 1.22 bits per heavy atom. The Balaban J connectivity index is 1.64. The average Bonchev–Trinajstić information content (AvgIpc) is 2.56. The number of ether oxygens (including phenoxy) is 1. The Hall–Kier alpha value is -1.39. The first-order valence-electron chi connectivity index (χ1n) is 8.68. The summed E-state index contributed by atoms with van der Waals surface area (Å²) in [6, 6.07) is 7.75. The molecule has 3 rings (SSSR count). The van der Waals surface area contributed by atoms with E-state index >= 15 is 0 Å². The largest absolute Gasteiger partial charge is 0.390 e. The molecule has 23 heavy (non-hydrogen) atoms. The summed E-state index contributed by atoms with van der Waals surface area (Å²) in [5.41, 5.74) is 1.07. The number of nitrogens with zero attached hydrogens (tertiary/aromatic N) is 1. The van der Waals surface area contributed by atoms with Crippen molar-refractivity contribution in [3.05, 3.63) is 35.4 Å². The van der Waals surface area contributed by atoms with Gasteiger partial charge in [0.2, 0.25) is 0 Å². The van der Waals surface area contributed by atoms with E-state index in [2.05, 4.69) is 0 Å². The van der Waals surface area contributed by atoms with Gasteiger partial charge in [-0.1, -0.05) is 24.6 Å². The van der Waals surface area contributed by atoms with E-state index in [0.29, 0.717) is 26.1 Å². The fourth-order valence-electron chi connectivity index (χ4n) is 3.82. The van der Waals surface area contributed by atoms with Gasteiger partial charge in [0, 0.05) is 25.1 Å². The monoisotopic (exact) mass is 317 g/mol. The minimum atomic E-state index is -0.596. The average molecular weight is 317 g/mol. The van der Waals surface area contributed by atoms with Crippen LogP contribution in [0.25, 0.3) is 0 Å². The molecule has 2 saturated heterocycles. The van der Waals surface area contributed by atoms with Crippen LogP contribution in [0.15, 0.2) is 24.3 Å². The number of carbonyl (C=O) groups is 1. The minimum absolute atomic E-state index is 0.0985. The summed E-state index contributed by atoms with van der Waals surface area (Å²) in [6.07, 6.45) is 3.81. The fraction of sp³-hybridized carbons (Fsp3) is 0.632. The summed E-state index contributed by atoms with van der Waals surface area (Å²) in [5, 5.41) is 10.6. The molecule has 1 aromatic carbocycles. The van der Waals surface area contributed by atoms with Crippen LogP contribution >= 0.6 is 0 Å². The Morgan fingerprint density at radius 3 is 2.48 bits per heavy atom. The van der Waals surface area contributed by atoms with Crippen LogP contribution in [0.4, 0.5) is 0 Å². The van der Waals surface area contributed by atoms with Gasteiger partial charge in [-0.3, -0.25) is 4.79 Å². The molecule has 2 aliphatic rings. The third-order valence-corrected chi connectivity index (χ3v) is 5.55. The topological polar surface area (TPSA) is 49.8 Å². The van der Waals surface area contributed by atoms with Gasteiger partial charge in [0.1, 0.15) is 0 Å². The molecule has 1 aromatic rings. The van der Waals surface area contributed by atoms with Crippen molar-refractivity contribution in [3.8, 4) is 0 Å². The van der Waals surface area contributed by atoms with Crippen LogP contribution in [0.2, 0.25) is 0 Å². The van der Waals surface area contributed by atoms with Crippen LogP contribution in [0.3, 0.4) is 0 Å². The molecule has 4 nitrogen and oxygen atoms in total. The lowest BCUT2D eigenvalue weighted by atomic mass is 9.76. The number of carbonyl (C=O) groups excluding carboxylic acids is 1. The van der Waals surface area contributed by atoms with Crippen molar-refractivity contribution in [2.24, 2.45) is 0 Å². The van der Waals surface area contributed by atoms with Gasteiger partial charge < -0.3 is 14.7 Å². The lowest BCUT2D eigenvalue weighted by Gasteiger charge is -2.49. The highest BCUT2D eigenvalue weighted by molar-refractivity contribution is 5.94. The maximum atomic E-state index is 12.6. The number of hydrogen-bond donors (Lipinski definition) is 1. The fourth-order valence-corrected chi connectivity index (χ4v) is 3.82. The third kappa shape index (κ3) is 3.43. The molecule has 0 radical (unpaired) electrons. The molecule has 0 saturated carbocycles. The van der Waals surface area contributed by atoms with Gasteiger partial charge in [0.15, 0.2) is 0 Å². The quantitative estimate of drug-likeness (QED) is 0.912. The van der Waals surface area contributed by atoms with Gasteiger partial charge in [-0.15, -0.1) is 0 Å². The van der Waals surface area contributed by atoms with Crippen LogP contribution in [-0.2, 0) is 4.74 Å². The molecule has 1 N–H and O–H groups in total. The summed E-state index contributed by atoms with van der Waals surface area (Å²) in [6.45, 7) is 6.08. The molecule has 4 heteroatoms. The molecule has 2 aliphatic heterocycles. The molecular weight excluding hydrogens is 290 g/mol. The van der Waals surface area contributed by atoms with Crippen molar-refractivity contribution in [3.63, 3.8) is 0 Å². The lowest BCUT2D eigenvalue weighted by molar-refractivity contribution is -0.176. The number of amides is 1. The molecular formula is C19H27NO3. The Morgan fingerprint density at radius 2 is 1.87 bits per heavy atom. The molecule has 2 heterocycles. The molecule has 126 valence electrons. The second-order valence-corrected chi connectivity index (χ2v) is 7.19. The molecule has 1 spiro atoms. The Labute approximate surface area is 138 Å². The molecule has 2 fully saturated rings. The van der Waals surface area contributed by atoms with Crippen LogP contribution in [-0.4, -0.2) is 46.8 Å². The summed E-state index contributed by atoms with van der Waals surface area (Å²) in [4.78, 5) is 14.5. The first-order chi connectivity index (χ1) is 11.0. The Bertz CT molecular complexity index is 560. The van der Waals surface area contributed by atoms with Crippen LogP contribution in [0, 0.1) is 6.92 Å². The van der Waals surface area contributed by atoms with E-state index in [4.69, 9.17) is 4.74 Å². The standard InChI is InChI=1S/C19H27NO3/c1-3-18(22)10-13-23-19(14-18)8-11-20(12-9-19)17(21)16-6-4-15(2)5-7-16/h4-7,22H,3,8-14H2,1-2H3. The zero-order chi connectivity index (χ0) is 16.5. The zero-order valence-electron chi connectivity index (χ0n) is 14.2. The van der Waals surface area contributed by atoms with Gasteiger partial charge in [0.25, 0.3) is 5.91 Å². The van der Waals surface area contributed by atoms with Gasteiger partial charge in [-0.05, 0) is 44.7 Å². The number of piperidine rings is 1. The van der Waals surface area contributed by atoms with Crippen LogP contribution < -0.4 is 0 Å². The number of likely N-dealkylation sites (tertiary alicyclic amines) is 1. The number of benzene rings is 1.